The first kappa shape index (κ1) is 14.6. The number of amides is 1. The molecule has 5 rings (SSSR count). The highest BCUT2D eigenvalue weighted by Gasteiger charge is 2.48. The highest BCUT2D eigenvalue weighted by atomic mass is 35.5. The lowest BCUT2D eigenvalue weighted by Gasteiger charge is -2.54. The Hall–Kier alpha value is -1.29. The van der Waals surface area contributed by atoms with E-state index in [1.54, 1.807) is 18.3 Å². The topological polar surface area (TPSA) is 68.0 Å². The molecule has 0 atom stereocenters. The molecule has 114 valence electrons. The van der Waals surface area contributed by atoms with Crippen molar-refractivity contribution in [2.24, 2.45) is 23.7 Å². The fraction of sp³-hybridized carbons (Fsp3) is 0.625. The van der Waals surface area contributed by atoms with E-state index in [9.17, 15) is 4.79 Å². The Labute approximate surface area is 131 Å². The van der Waals surface area contributed by atoms with Gasteiger partial charge < -0.3 is 11.1 Å². The van der Waals surface area contributed by atoms with Gasteiger partial charge in [-0.25, -0.2) is 4.98 Å². The van der Waals surface area contributed by atoms with Gasteiger partial charge in [0.1, 0.15) is 5.69 Å². The molecule has 4 saturated carbocycles. The van der Waals surface area contributed by atoms with E-state index in [2.05, 4.69) is 10.3 Å². The molecular weight excluding hydrogens is 286 g/mol. The number of carbonyl (C=O) groups is 1. The molecule has 5 heteroatoms. The van der Waals surface area contributed by atoms with Crippen LogP contribution >= 0.6 is 12.4 Å². The maximum Gasteiger partial charge on any atom is 0.270 e. The summed E-state index contributed by atoms with van der Waals surface area (Å²) in [6.07, 6.45) is 8.24. The molecule has 4 nitrogen and oxygen atoms in total. The summed E-state index contributed by atoms with van der Waals surface area (Å²) in [7, 11) is 0. The van der Waals surface area contributed by atoms with Crippen molar-refractivity contribution in [2.75, 3.05) is 5.73 Å². The fourth-order valence-corrected chi connectivity index (χ4v) is 4.93. The van der Waals surface area contributed by atoms with Crippen LogP contribution < -0.4 is 11.1 Å². The monoisotopic (exact) mass is 307 g/mol. The molecule has 0 aliphatic heterocycles. The zero-order valence-electron chi connectivity index (χ0n) is 12.0. The van der Waals surface area contributed by atoms with Crippen LogP contribution in [0.3, 0.4) is 0 Å². The minimum atomic E-state index is -0.0394. The Morgan fingerprint density at radius 1 is 1.10 bits per heavy atom. The lowest BCUT2D eigenvalue weighted by Crippen LogP contribution is -2.55. The van der Waals surface area contributed by atoms with Gasteiger partial charge in [0.05, 0.1) is 11.9 Å². The third-order valence-corrected chi connectivity index (χ3v) is 5.54. The summed E-state index contributed by atoms with van der Waals surface area (Å²) < 4.78 is 0. The van der Waals surface area contributed by atoms with Crippen LogP contribution in [-0.4, -0.2) is 16.9 Å². The van der Waals surface area contributed by atoms with Crippen molar-refractivity contribution < 1.29 is 4.79 Å². The van der Waals surface area contributed by atoms with Crippen LogP contribution in [0.5, 0.6) is 0 Å². The van der Waals surface area contributed by atoms with Crippen molar-refractivity contribution >= 4 is 24.0 Å². The van der Waals surface area contributed by atoms with Gasteiger partial charge in [-0.3, -0.25) is 4.79 Å². The van der Waals surface area contributed by atoms with Crippen molar-refractivity contribution in [3.05, 3.63) is 24.0 Å². The van der Waals surface area contributed by atoms with Gasteiger partial charge in [-0.2, -0.15) is 0 Å². The quantitative estimate of drug-likeness (QED) is 0.882. The number of nitrogens with one attached hydrogen (secondary N) is 1. The zero-order chi connectivity index (χ0) is 13.7. The zero-order valence-corrected chi connectivity index (χ0v) is 12.8. The van der Waals surface area contributed by atoms with Gasteiger partial charge in [-0.1, -0.05) is 0 Å². The van der Waals surface area contributed by atoms with Gasteiger partial charge in [0.2, 0.25) is 0 Å². The van der Waals surface area contributed by atoms with Crippen LogP contribution in [0.2, 0.25) is 0 Å². The summed E-state index contributed by atoms with van der Waals surface area (Å²) in [4.78, 5) is 16.5. The molecule has 0 unspecified atom stereocenters. The number of pyridine rings is 1. The second-order valence-corrected chi connectivity index (χ2v) is 6.91. The number of aromatic nitrogens is 1. The molecule has 4 fully saturated rings. The minimum absolute atomic E-state index is 0. The molecule has 0 aromatic carbocycles. The normalized spacial score (nSPS) is 36.1. The lowest BCUT2D eigenvalue weighted by molar-refractivity contribution is -0.0120. The molecule has 0 spiro atoms. The number of rotatable bonds is 2. The Balaban J connectivity index is 0.00000132. The minimum Gasteiger partial charge on any atom is -0.397 e. The second-order valence-electron chi connectivity index (χ2n) is 6.91. The predicted octanol–water partition coefficient (Wildman–Crippen LogP) is 2.64. The number of nitrogen functional groups attached to an aromatic ring is 1. The molecule has 4 aliphatic rings. The lowest BCUT2D eigenvalue weighted by atomic mass is 9.54. The number of nitrogens with zero attached hydrogens (tertiary/aromatic N) is 1. The van der Waals surface area contributed by atoms with Crippen molar-refractivity contribution in [3.63, 3.8) is 0 Å². The van der Waals surface area contributed by atoms with Crippen molar-refractivity contribution in [2.45, 2.75) is 38.1 Å². The van der Waals surface area contributed by atoms with Crippen LogP contribution in [0.15, 0.2) is 18.3 Å². The van der Waals surface area contributed by atoms with Gasteiger partial charge in [-0.05, 0) is 67.9 Å². The van der Waals surface area contributed by atoms with Crippen molar-refractivity contribution in [3.8, 4) is 0 Å². The molecule has 1 aromatic rings. The number of carbonyl (C=O) groups excluding carboxylic acids is 1. The summed E-state index contributed by atoms with van der Waals surface area (Å²) in [6.45, 7) is 0. The molecule has 21 heavy (non-hydrogen) atoms. The Kier molecular flexibility index (Phi) is 3.82. The van der Waals surface area contributed by atoms with E-state index in [0.717, 1.165) is 11.8 Å². The van der Waals surface area contributed by atoms with E-state index < -0.39 is 0 Å². The molecular formula is C16H22ClN3O. The van der Waals surface area contributed by atoms with E-state index in [0.29, 0.717) is 29.3 Å². The van der Waals surface area contributed by atoms with E-state index in [4.69, 9.17) is 5.73 Å². The van der Waals surface area contributed by atoms with Crippen LogP contribution in [0.25, 0.3) is 0 Å². The largest absolute Gasteiger partial charge is 0.397 e. The highest BCUT2D eigenvalue weighted by molar-refractivity contribution is 5.92. The molecule has 1 heterocycles. The third kappa shape index (κ3) is 2.61. The maximum atomic E-state index is 12.3. The smallest absolute Gasteiger partial charge is 0.270 e. The van der Waals surface area contributed by atoms with Gasteiger partial charge in [0, 0.05) is 6.04 Å². The Bertz CT molecular complexity index is 503. The van der Waals surface area contributed by atoms with Crippen LogP contribution in [0.4, 0.5) is 5.69 Å². The average molecular weight is 308 g/mol. The highest BCUT2D eigenvalue weighted by Crippen LogP contribution is 2.53. The van der Waals surface area contributed by atoms with E-state index >= 15 is 0 Å². The van der Waals surface area contributed by atoms with Gasteiger partial charge in [-0.15, -0.1) is 12.4 Å². The van der Waals surface area contributed by atoms with Crippen LogP contribution in [-0.2, 0) is 0 Å². The van der Waals surface area contributed by atoms with Crippen molar-refractivity contribution in [1.29, 1.82) is 0 Å². The molecule has 1 amide bonds. The third-order valence-electron chi connectivity index (χ3n) is 5.54. The van der Waals surface area contributed by atoms with Crippen LogP contribution in [0.1, 0.15) is 42.6 Å². The molecule has 0 saturated heterocycles. The molecule has 1 aromatic heterocycles. The number of hydrogen-bond donors (Lipinski definition) is 2. The van der Waals surface area contributed by atoms with Crippen molar-refractivity contribution in [1.82, 2.24) is 10.3 Å². The van der Waals surface area contributed by atoms with E-state index in [-0.39, 0.29) is 18.3 Å². The standard InChI is InChI=1S/C16H21N3O.ClH/c17-13-1-2-14(18-8-13)16(20)19-15-11-4-9-3-10(6-11)7-12(15)5-9;/h1-2,8-12,15H,3-7,17H2,(H,19,20);1H. The van der Waals surface area contributed by atoms with Gasteiger partial charge in [0.15, 0.2) is 0 Å². The Morgan fingerprint density at radius 3 is 2.24 bits per heavy atom. The van der Waals surface area contributed by atoms with Crippen LogP contribution in [0, 0.1) is 23.7 Å². The SMILES string of the molecule is Cl.Nc1ccc(C(=O)NC2C3CC4CC(C3)CC2C4)nc1. The summed E-state index contributed by atoms with van der Waals surface area (Å²) >= 11 is 0. The molecule has 4 bridgehead atoms. The fourth-order valence-electron chi connectivity index (χ4n) is 4.93. The summed E-state index contributed by atoms with van der Waals surface area (Å²) in [5.41, 5.74) is 6.69. The first-order chi connectivity index (χ1) is 9.69. The summed E-state index contributed by atoms with van der Waals surface area (Å²) in [5.74, 6) is 3.22. The summed E-state index contributed by atoms with van der Waals surface area (Å²) in [5, 5.41) is 3.26. The van der Waals surface area contributed by atoms with E-state index in [1.807, 2.05) is 0 Å². The number of hydrogen-bond acceptors (Lipinski definition) is 3. The number of nitrogens with two attached hydrogens (primary N) is 1. The predicted molar refractivity (Wildman–Crippen MR) is 84.2 cm³/mol. The number of anilines is 1. The molecule has 3 N–H and O–H groups in total. The first-order valence-corrected chi connectivity index (χ1v) is 7.71. The van der Waals surface area contributed by atoms with Gasteiger partial charge in [0.25, 0.3) is 5.91 Å². The second kappa shape index (κ2) is 5.48. The summed E-state index contributed by atoms with van der Waals surface area (Å²) in [6, 6.07) is 3.81. The molecule has 4 aliphatic carbocycles. The first-order valence-electron chi connectivity index (χ1n) is 7.71. The number of halogens is 1. The average Bonchev–Trinajstić information content (AvgIpc) is 2.42. The Morgan fingerprint density at radius 2 is 1.71 bits per heavy atom. The van der Waals surface area contributed by atoms with E-state index in [1.165, 1.54) is 32.1 Å². The maximum absolute atomic E-state index is 12.3. The molecule has 0 radical (unpaired) electrons. The van der Waals surface area contributed by atoms with Gasteiger partial charge >= 0.3 is 0 Å².